The zero-order chi connectivity index (χ0) is 14.7. The van der Waals surface area contributed by atoms with Crippen LogP contribution in [-0.2, 0) is 17.6 Å². The van der Waals surface area contributed by atoms with Gasteiger partial charge in [-0.25, -0.2) is 0 Å². The van der Waals surface area contributed by atoms with Gasteiger partial charge >= 0.3 is 0 Å². The minimum Gasteiger partial charge on any atom is -0.323 e. The molecule has 1 aromatic heterocycles. The number of hydrogen-bond donors (Lipinski definition) is 2. The Morgan fingerprint density at radius 1 is 1.29 bits per heavy atom. The molecule has 1 saturated carbocycles. The Labute approximate surface area is 125 Å². The van der Waals surface area contributed by atoms with Crippen LogP contribution in [0, 0.1) is 12.8 Å². The van der Waals surface area contributed by atoms with Crippen LogP contribution in [-0.4, -0.2) is 16.1 Å². The van der Waals surface area contributed by atoms with Gasteiger partial charge in [0.25, 0.3) is 0 Å². The van der Waals surface area contributed by atoms with E-state index < -0.39 is 0 Å². The summed E-state index contributed by atoms with van der Waals surface area (Å²) in [4.78, 5) is 12.1. The molecule has 2 aromatic rings. The molecule has 0 unspecified atom stereocenters. The van der Waals surface area contributed by atoms with Gasteiger partial charge in [-0.2, -0.15) is 5.10 Å². The van der Waals surface area contributed by atoms with E-state index in [0.717, 1.165) is 42.8 Å². The largest absolute Gasteiger partial charge is 0.323 e. The Morgan fingerprint density at radius 2 is 2.05 bits per heavy atom. The monoisotopic (exact) mass is 283 g/mol. The van der Waals surface area contributed by atoms with E-state index in [-0.39, 0.29) is 11.8 Å². The molecule has 1 fully saturated rings. The number of aromatic amines is 1. The summed E-state index contributed by atoms with van der Waals surface area (Å²) in [6.07, 6.45) is 4.96. The molecular formula is C17H21N3O. The zero-order valence-corrected chi connectivity index (χ0v) is 12.4. The fourth-order valence-corrected chi connectivity index (χ4v) is 2.63. The molecule has 1 aliphatic carbocycles. The molecule has 0 saturated heterocycles. The van der Waals surface area contributed by atoms with E-state index in [1.807, 2.05) is 25.1 Å². The molecule has 21 heavy (non-hydrogen) atoms. The van der Waals surface area contributed by atoms with Crippen molar-refractivity contribution in [1.29, 1.82) is 0 Å². The first kappa shape index (κ1) is 13.9. The van der Waals surface area contributed by atoms with Crippen LogP contribution in [0.4, 0.5) is 5.69 Å². The molecule has 2 N–H and O–H groups in total. The molecule has 3 rings (SSSR count). The van der Waals surface area contributed by atoms with Gasteiger partial charge < -0.3 is 5.32 Å². The fourth-order valence-electron chi connectivity index (χ4n) is 2.63. The third kappa shape index (κ3) is 3.15. The van der Waals surface area contributed by atoms with Crippen molar-refractivity contribution in [2.24, 2.45) is 5.92 Å². The van der Waals surface area contributed by atoms with Gasteiger partial charge in [0.15, 0.2) is 0 Å². The Bertz CT molecular complexity index is 614. The Hall–Kier alpha value is -2.10. The number of hydrogen-bond acceptors (Lipinski definition) is 2. The zero-order valence-electron chi connectivity index (χ0n) is 12.4. The molecule has 0 aliphatic heterocycles. The Morgan fingerprint density at radius 3 is 2.71 bits per heavy atom. The second kappa shape index (κ2) is 6.12. The van der Waals surface area contributed by atoms with Crippen LogP contribution in [0.1, 0.15) is 36.2 Å². The van der Waals surface area contributed by atoms with Gasteiger partial charge in [0, 0.05) is 5.92 Å². The number of aromatic nitrogens is 2. The van der Waals surface area contributed by atoms with Crippen molar-refractivity contribution in [3.63, 3.8) is 0 Å². The van der Waals surface area contributed by atoms with Gasteiger partial charge in [0.05, 0.1) is 17.1 Å². The number of aryl methyl sites for hydroxylation is 3. The van der Waals surface area contributed by atoms with Gasteiger partial charge in [-0.05, 0) is 38.2 Å². The standard InChI is InChI=1S/C17H21N3O/c1-12-16(18-17(21)14-8-5-9-14)15(20-19-12)11-10-13-6-3-2-4-7-13/h2-4,6-7,14H,5,8-11H2,1H3,(H,18,21)(H,19,20). The second-order valence-electron chi connectivity index (χ2n) is 5.77. The number of carbonyl (C=O) groups is 1. The van der Waals surface area contributed by atoms with Gasteiger partial charge in [0.2, 0.25) is 5.91 Å². The SMILES string of the molecule is Cc1[nH]nc(CCc2ccccc2)c1NC(=O)C1CCC1. The summed E-state index contributed by atoms with van der Waals surface area (Å²) in [5.74, 6) is 0.341. The van der Waals surface area contributed by atoms with Crippen LogP contribution in [0.5, 0.6) is 0 Å². The fraction of sp³-hybridized carbons (Fsp3) is 0.412. The van der Waals surface area contributed by atoms with Crippen molar-refractivity contribution >= 4 is 11.6 Å². The molecule has 4 nitrogen and oxygen atoms in total. The summed E-state index contributed by atoms with van der Waals surface area (Å²) in [7, 11) is 0. The molecule has 1 aromatic carbocycles. The topological polar surface area (TPSA) is 57.8 Å². The number of benzene rings is 1. The van der Waals surface area contributed by atoms with Crippen LogP contribution >= 0.6 is 0 Å². The summed E-state index contributed by atoms with van der Waals surface area (Å²) in [6, 6.07) is 10.3. The number of nitrogens with one attached hydrogen (secondary N) is 2. The maximum Gasteiger partial charge on any atom is 0.227 e. The number of anilines is 1. The molecule has 0 radical (unpaired) electrons. The Kier molecular flexibility index (Phi) is 4.04. The smallest absolute Gasteiger partial charge is 0.227 e. The lowest BCUT2D eigenvalue weighted by atomic mass is 9.85. The van der Waals surface area contributed by atoms with Crippen molar-refractivity contribution in [2.75, 3.05) is 5.32 Å². The molecule has 4 heteroatoms. The average molecular weight is 283 g/mol. The highest BCUT2D eigenvalue weighted by atomic mass is 16.1. The number of H-pyrrole nitrogens is 1. The number of carbonyl (C=O) groups excluding carboxylic acids is 1. The molecule has 1 aliphatic rings. The number of amides is 1. The molecule has 0 atom stereocenters. The lowest BCUT2D eigenvalue weighted by Gasteiger charge is -2.24. The maximum atomic E-state index is 12.1. The quantitative estimate of drug-likeness (QED) is 0.885. The first-order valence-electron chi connectivity index (χ1n) is 7.62. The molecule has 1 heterocycles. The third-order valence-electron chi connectivity index (χ3n) is 4.24. The van der Waals surface area contributed by atoms with Crippen LogP contribution in [0.2, 0.25) is 0 Å². The first-order chi connectivity index (χ1) is 10.2. The highest BCUT2D eigenvalue weighted by molar-refractivity contribution is 5.94. The average Bonchev–Trinajstić information content (AvgIpc) is 2.77. The van der Waals surface area contributed by atoms with Crippen molar-refractivity contribution in [2.45, 2.75) is 39.0 Å². The number of nitrogens with zero attached hydrogens (tertiary/aromatic N) is 1. The van der Waals surface area contributed by atoms with Crippen LogP contribution in [0.15, 0.2) is 30.3 Å². The van der Waals surface area contributed by atoms with E-state index in [0.29, 0.717) is 0 Å². The third-order valence-corrected chi connectivity index (χ3v) is 4.24. The minimum absolute atomic E-state index is 0.145. The van der Waals surface area contributed by atoms with Gasteiger partial charge in [-0.1, -0.05) is 36.8 Å². The van der Waals surface area contributed by atoms with Crippen molar-refractivity contribution in [3.05, 3.63) is 47.3 Å². The Balaban J connectivity index is 1.66. The molecular weight excluding hydrogens is 262 g/mol. The highest BCUT2D eigenvalue weighted by Crippen LogP contribution is 2.29. The van der Waals surface area contributed by atoms with E-state index in [1.54, 1.807) is 0 Å². The maximum absolute atomic E-state index is 12.1. The van der Waals surface area contributed by atoms with E-state index in [4.69, 9.17) is 0 Å². The highest BCUT2D eigenvalue weighted by Gasteiger charge is 2.26. The van der Waals surface area contributed by atoms with E-state index in [1.165, 1.54) is 12.0 Å². The predicted molar refractivity (Wildman–Crippen MR) is 83.1 cm³/mol. The van der Waals surface area contributed by atoms with Gasteiger partial charge in [0.1, 0.15) is 0 Å². The summed E-state index contributed by atoms with van der Waals surface area (Å²) >= 11 is 0. The van der Waals surface area contributed by atoms with Crippen molar-refractivity contribution in [3.8, 4) is 0 Å². The summed E-state index contributed by atoms with van der Waals surface area (Å²) < 4.78 is 0. The lowest BCUT2D eigenvalue weighted by Crippen LogP contribution is -2.28. The first-order valence-corrected chi connectivity index (χ1v) is 7.62. The lowest BCUT2D eigenvalue weighted by molar-refractivity contribution is -0.122. The molecule has 110 valence electrons. The minimum atomic E-state index is 0.145. The van der Waals surface area contributed by atoms with Gasteiger partial charge in [-0.15, -0.1) is 0 Å². The van der Waals surface area contributed by atoms with Crippen LogP contribution in [0.25, 0.3) is 0 Å². The summed E-state index contributed by atoms with van der Waals surface area (Å²) in [5, 5.41) is 10.4. The molecule has 0 bridgehead atoms. The van der Waals surface area contributed by atoms with E-state index in [2.05, 4.69) is 27.6 Å². The van der Waals surface area contributed by atoms with Crippen molar-refractivity contribution < 1.29 is 4.79 Å². The summed E-state index contributed by atoms with van der Waals surface area (Å²) in [5.41, 5.74) is 4.05. The van der Waals surface area contributed by atoms with E-state index >= 15 is 0 Å². The van der Waals surface area contributed by atoms with E-state index in [9.17, 15) is 4.79 Å². The second-order valence-corrected chi connectivity index (χ2v) is 5.77. The molecule has 1 amide bonds. The van der Waals surface area contributed by atoms with Crippen LogP contribution < -0.4 is 5.32 Å². The summed E-state index contributed by atoms with van der Waals surface area (Å²) in [6.45, 7) is 1.95. The number of rotatable bonds is 5. The normalized spacial score (nSPS) is 14.7. The molecule has 0 spiro atoms. The van der Waals surface area contributed by atoms with Crippen molar-refractivity contribution in [1.82, 2.24) is 10.2 Å². The predicted octanol–water partition coefficient (Wildman–Crippen LogP) is 3.24. The van der Waals surface area contributed by atoms with Crippen LogP contribution in [0.3, 0.4) is 0 Å². The van der Waals surface area contributed by atoms with Gasteiger partial charge in [-0.3, -0.25) is 9.89 Å².